The summed E-state index contributed by atoms with van der Waals surface area (Å²) in [6.07, 6.45) is 9.25. The zero-order chi connectivity index (χ0) is 30.4. The van der Waals surface area contributed by atoms with Gasteiger partial charge in [-0.25, -0.2) is 4.98 Å². The van der Waals surface area contributed by atoms with Crippen LogP contribution in [0.5, 0.6) is 0 Å². The molecule has 0 aliphatic carbocycles. The van der Waals surface area contributed by atoms with Crippen molar-refractivity contribution in [3.8, 4) is 11.5 Å². The number of aliphatic hydroxyl groups is 1. The van der Waals surface area contributed by atoms with Crippen LogP contribution in [0.15, 0.2) is 65.3 Å². The van der Waals surface area contributed by atoms with E-state index in [2.05, 4.69) is 26.8 Å². The molecule has 2 atom stereocenters. The van der Waals surface area contributed by atoms with E-state index in [0.29, 0.717) is 17.3 Å². The van der Waals surface area contributed by atoms with Gasteiger partial charge < -0.3 is 30.1 Å². The summed E-state index contributed by atoms with van der Waals surface area (Å²) in [5.41, 5.74) is 5.13. The Morgan fingerprint density at radius 1 is 0.978 bits per heavy atom. The number of aliphatic hydroxyl groups excluding tert-OH is 1. The fourth-order valence-corrected chi connectivity index (χ4v) is 7.72. The van der Waals surface area contributed by atoms with Crippen LogP contribution in [0.1, 0.15) is 84.3 Å². The minimum atomic E-state index is -0.351. The number of carbonyl (C=O) groups excluding carboxylic acids is 1. The number of hydrogen-bond acceptors (Lipinski definition) is 9. The smallest absolute Gasteiger partial charge is 0.261 e. The molecule has 10 heteroatoms. The van der Waals surface area contributed by atoms with Crippen molar-refractivity contribution in [2.45, 2.75) is 62.4 Å². The number of pyridine rings is 1. The van der Waals surface area contributed by atoms with E-state index in [1.165, 1.54) is 6.42 Å². The van der Waals surface area contributed by atoms with Crippen molar-refractivity contribution in [3.05, 3.63) is 83.3 Å². The number of anilines is 3. The maximum Gasteiger partial charge on any atom is 0.261 e. The van der Waals surface area contributed by atoms with Crippen LogP contribution in [0, 0.1) is 0 Å². The Labute approximate surface area is 262 Å². The Morgan fingerprint density at radius 3 is 2.60 bits per heavy atom. The molecule has 2 bridgehead atoms. The minimum absolute atomic E-state index is 0.0292. The fraction of sp³-hybridized carbons (Fsp3) is 0.429. The third-order valence-corrected chi connectivity index (χ3v) is 10.4. The Balaban J connectivity index is 1.12. The van der Waals surface area contributed by atoms with Crippen molar-refractivity contribution >= 4 is 23.1 Å². The molecule has 1 unspecified atom stereocenters. The lowest BCUT2D eigenvalue weighted by molar-refractivity contribution is 0.0730. The first-order chi connectivity index (χ1) is 22.1. The second-order valence-corrected chi connectivity index (χ2v) is 13.0. The highest BCUT2D eigenvalue weighted by Gasteiger charge is 2.44. The molecule has 45 heavy (non-hydrogen) atoms. The molecule has 0 radical (unpaired) electrons. The average Bonchev–Trinajstić information content (AvgIpc) is 3.59. The van der Waals surface area contributed by atoms with Crippen molar-refractivity contribution in [1.29, 1.82) is 0 Å². The summed E-state index contributed by atoms with van der Waals surface area (Å²) in [6.45, 7) is 3.94. The van der Waals surface area contributed by atoms with Crippen LogP contribution in [-0.2, 0) is 5.41 Å². The lowest BCUT2D eigenvalue weighted by Crippen LogP contribution is -2.51. The highest BCUT2D eigenvalue weighted by molar-refractivity contribution is 5.99. The van der Waals surface area contributed by atoms with Gasteiger partial charge in [-0.3, -0.25) is 4.79 Å². The molecule has 1 amide bonds. The SMILES string of the molecule is O=C1c2ccc(Nc3cc(N[C@H](CO)c4ccccc4)c(-c4nc(C56CCN(CC5)CC6)no4)cn3)cc2C2CCCCCN12. The maximum atomic E-state index is 13.1. The van der Waals surface area contributed by atoms with Crippen molar-refractivity contribution in [2.75, 3.05) is 43.4 Å². The minimum Gasteiger partial charge on any atom is -0.394 e. The second kappa shape index (κ2) is 11.6. The number of hydrogen-bond donors (Lipinski definition) is 3. The van der Waals surface area contributed by atoms with Crippen LogP contribution < -0.4 is 10.6 Å². The summed E-state index contributed by atoms with van der Waals surface area (Å²) < 4.78 is 5.91. The molecule has 0 spiro atoms. The van der Waals surface area contributed by atoms with Crippen molar-refractivity contribution in [1.82, 2.24) is 24.9 Å². The molecule has 232 valence electrons. The molecule has 5 aliphatic rings. The van der Waals surface area contributed by atoms with Gasteiger partial charge >= 0.3 is 0 Å². The zero-order valence-electron chi connectivity index (χ0n) is 25.4. The molecule has 7 heterocycles. The molecule has 5 aliphatic heterocycles. The number of nitrogens with one attached hydrogen (secondary N) is 2. The number of fused-ring (bicyclic) bond motifs is 6. The van der Waals surface area contributed by atoms with Gasteiger partial charge in [0.05, 0.1) is 29.9 Å². The van der Waals surface area contributed by atoms with Crippen LogP contribution in [0.25, 0.3) is 11.5 Å². The Hall–Kier alpha value is -4.28. The van der Waals surface area contributed by atoms with Crippen molar-refractivity contribution in [3.63, 3.8) is 0 Å². The molecular weight excluding hydrogens is 566 g/mol. The molecule has 4 saturated heterocycles. The van der Waals surface area contributed by atoms with Crippen LogP contribution >= 0.6 is 0 Å². The number of piperidine rings is 3. The molecule has 4 aromatic rings. The molecule has 10 nitrogen and oxygen atoms in total. The van der Waals surface area contributed by atoms with Gasteiger partial charge in [0, 0.05) is 35.5 Å². The Bertz CT molecular complexity index is 1680. The van der Waals surface area contributed by atoms with Gasteiger partial charge in [-0.2, -0.15) is 4.98 Å². The molecule has 0 saturated carbocycles. The standard InChI is InChI=1S/C35H39N7O3/c43-22-29(23-7-3-1-4-8-23)38-28-20-31(37-24-10-11-25-26(19-24)30-9-5-2-6-15-42(30)33(25)44)36-21-27(28)32-39-34(40-45-32)35-12-16-41(17-13-35)18-14-35/h1,3-4,7-8,10-11,19-21,29-30,43H,2,5-6,9,12-18,22H2,(H2,36,37,38)/t29-,30?/m1/s1. The summed E-state index contributed by atoms with van der Waals surface area (Å²) in [6, 6.07) is 17.6. The number of carbonyl (C=O) groups is 1. The normalized spacial score (nSPS) is 24.6. The zero-order valence-corrected chi connectivity index (χ0v) is 25.4. The third kappa shape index (κ3) is 5.15. The second-order valence-electron chi connectivity index (χ2n) is 13.0. The van der Waals surface area contributed by atoms with Crippen molar-refractivity contribution in [2.24, 2.45) is 0 Å². The van der Waals surface area contributed by atoms with E-state index in [4.69, 9.17) is 14.5 Å². The van der Waals surface area contributed by atoms with Gasteiger partial charge in [-0.05, 0) is 81.1 Å². The molecular formula is C35H39N7O3. The van der Waals surface area contributed by atoms with Crippen molar-refractivity contribution < 1.29 is 14.4 Å². The topological polar surface area (TPSA) is 120 Å². The highest BCUT2D eigenvalue weighted by Crippen LogP contribution is 2.43. The van der Waals surface area contributed by atoms with Crippen LogP contribution in [0.3, 0.4) is 0 Å². The molecule has 3 N–H and O–H groups in total. The molecule has 9 rings (SSSR count). The summed E-state index contributed by atoms with van der Waals surface area (Å²) in [7, 11) is 0. The summed E-state index contributed by atoms with van der Waals surface area (Å²) in [4.78, 5) is 27.4. The van der Waals surface area contributed by atoms with Gasteiger partial charge in [0.25, 0.3) is 11.8 Å². The first kappa shape index (κ1) is 28.2. The van der Waals surface area contributed by atoms with E-state index in [0.717, 1.165) is 98.6 Å². The lowest BCUT2D eigenvalue weighted by Gasteiger charge is -2.46. The predicted octanol–water partition coefficient (Wildman–Crippen LogP) is 5.83. The highest BCUT2D eigenvalue weighted by atomic mass is 16.5. The van der Waals surface area contributed by atoms with Gasteiger partial charge in [-0.1, -0.05) is 48.3 Å². The summed E-state index contributed by atoms with van der Waals surface area (Å²) >= 11 is 0. The van der Waals surface area contributed by atoms with Crippen LogP contribution in [0.2, 0.25) is 0 Å². The largest absolute Gasteiger partial charge is 0.394 e. The summed E-state index contributed by atoms with van der Waals surface area (Å²) in [5.74, 6) is 1.98. The molecule has 4 fully saturated rings. The average molecular weight is 606 g/mol. The van der Waals surface area contributed by atoms with E-state index in [9.17, 15) is 9.90 Å². The van der Waals surface area contributed by atoms with E-state index in [1.54, 1.807) is 6.20 Å². The van der Waals surface area contributed by atoms with E-state index < -0.39 is 0 Å². The number of benzene rings is 2. The van der Waals surface area contributed by atoms with Crippen LogP contribution in [-0.4, -0.2) is 68.7 Å². The molecule has 2 aromatic carbocycles. The van der Waals surface area contributed by atoms with Gasteiger partial charge in [0.15, 0.2) is 5.82 Å². The van der Waals surface area contributed by atoms with E-state index >= 15 is 0 Å². The predicted molar refractivity (Wildman–Crippen MR) is 171 cm³/mol. The number of aromatic nitrogens is 3. The number of rotatable bonds is 8. The fourth-order valence-electron chi connectivity index (χ4n) is 7.72. The van der Waals surface area contributed by atoms with Gasteiger partial charge in [0.1, 0.15) is 5.82 Å². The van der Waals surface area contributed by atoms with E-state index in [-0.39, 0.29) is 30.0 Å². The Morgan fingerprint density at radius 2 is 1.80 bits per heavy atom. The van der Waals surface area contributed by atoms with Gasteiger partial charge in [0.2, 0.25) is 0 Å². The van der Waals surface area contributed by atoms with Crippen LogP contribution in [0.4, 0.5) is 17.2 Å². The quantitative estimate of drug-likeness (QED) is 0.228. The van der Waals surface area contributed by atoms with E-state index in [1.807, 2.05) is 53.4 Å². The Kier molecular flexibility index (Phi) is 7.26. The van der Waals surface area contributed by atoms with Gasteiger partial charge in [-0.15, -0.1) is 0 Å². The first-order valence-electron chi connectivity index (χ1n) is 16.3. The monoisotopic (exact) mass is 605 g/mol. The first-order valence-corrected chi connectivity index (χ1v) is 16.3. The molecule has 2 aromatic heterocycles. The summed E-state index contributed by atoms with van der Waals surface area (Å²) in [5, 5.41) is 21.9. The maximum absolute atomic E-state index is 13.1. The number of nitrogens with zero attached hydrogens (tertiary/aromatic N) is 5. The number of amides is 1. The lowest BCUT2D eigenvalue weighted by atomic mass is 9.71. The third-order valence-electron chi connectivity index (χ3n) is 10.4.